The van der Waals surface area contributed by atoms with Gasteiger partial charge in [0, 0.05) is 42.0 Å². The number of aromatic amines is 1. The minimum absolute atomic E-state index is 1.21. The van der Waals surface area contributed by atoms with Crippen molar-refractivity contribution in [2.24, 2.45) is 0 Å². The van der Waals surface area contributed by atoms with Gasteiger partial charge < -0.3 is 4.98 Å². The molecule has 0 bridgehead atoms. The Bertz CT molecular complexity index is 1420. The number of aromatic nitrogens is 1. The molecule has 1 N–H and O–H groups in total. The lowest BCUT2D eigenvalue weighted by Crippen LogP contribution is -1.79. The molecule has 2 aromatic heterocycles. The molecule has 0 fully saturated rings. The van der Waals surface area contributed by atoms with E-state index in [1.165, 1.54) is 53.1 Å². The lowest BCUT2D eigenvalue weighted by atomic mass is 10.0. The van der Waals surface area contributed by atoms with Crippen molar-refractivity contribution in [3.05, 3.63) is 84.9 Å². The Morgan fingerprint density at radius 2 is 1.42 bits per heavy atom. The Kier molecular flexibility index (Phi) is 2.82. The molecular formula is C24H15NS. The van der Waals surface area contributed by atoms with Crippen LogP contribution in [0, 0.1) is 0 Å². The molecule has 6 rings (SSSR count). The first-order valence-electron chi connectivity index (χ1n) is 8.80. The zero-order chi connectivity index (χ0) is 17.1. The number of H-pyrrole nitrogens is 1. The Morgan fingerprint density at radius 3 is 2.35 bits per heavy atom. The summed E-state index contributed by atoms with van der Waals surface area (Å²) in [6.45, 7) is 0. The van der Waals surface area contributed by atoms with E-state index in [1.54, 1.807) is 0 Å². The van der Waals surface area contributed by atoms with Gasteiger partial charge in [0.2, 0.25) is 0 Å². The van der Waals surface area contributed by atoms with Crippen molar-refractivity contribution >= 4 is 53.3 Å². The summed E-state index contributed by atoms with van der Waals surface area (Å²) in [5.74, 6) is 0. The highest BCUT2D eigenvalue weighted by Crippen LogP contribution is 2.42. The van der Waals surface area contributed by atoms with Crippen LogP contribution in [0.1, 0.15) is 0 Å². The number of benzene rings is 4. The van der Waals surface area contributed by atoms with E-state index in [-0.39, 0.29) is 0 Å². The molecule has 0 radical (unpaired) electrons. The summed E-state index contributed by atoms with van der Waals surface area (Å²) >= 11 is 1.89. The van der Waals surface area contributed by atoms with E-state index < -0.39 is 0 Å². The maximum atomic E-state index is 3.69. The average Bonchev–Trinajstić information content (AvgIpc) is 3.26. The number of rotatable bonds is 1. The molecule has 26 heavy (non-hydrogen) atoms. The van der Waals surface area contributed by atoms with Crippen LogP contribution in [0.4, 0.5) is 0 Å². The topological polar surface area (TPSA) is 15.8 Å². The van der Waals surface area contributed by atoms with Crippen molar-refractivity contribution in [3.8, 4) is 11.1 Å². The summed E-state index contributed by atoms with van der Waals surface area (Å²) in [7, 11) is 0. The predicted molar refractivity (Wildman–Crippen MR) is 114 cm³/mol. The first-order chi connectivity index (χ1) is 12.9. The molecule has 0 saturated carbocycles. The second kappa shape index (κ2) is 5.20. The van der Waals surface area contributed by atoms with Crippen molar-refractivity contribution in [2.45, 2.75) is 0 Å². The summed E-state index contributed by atoms with van der Waals surface area (Å²) in [4.78, 5) is 3.69. The molecule has 0 saturated heterocycles. The molecule has 0 spiro atoms. The SMILES string of the molecule is c1ccc(-c2cccc3c2[nH]c2ccc4c5ccccc5sc4c23)cc1. The largest absolute Gasteiger partial charge is 0.354 e. The van der Waals surface area contributed by atoms with Gasteiger partial charge in [-0.15, -0.1) is 11.3 Å². The average molecular weight is 349 g/mol. The zero-order valence-electron chi connectivity index (χ0n) is 14.0. The molecule has 0 amide bonds. The molecule has 122 valence electrons. The maximum absolute atomic E-state index is 3.69. The monoisotopic (exact) mass is 349 g/mol. The third-order valence-corrected chi connectivity index (χ3v) is 6.43. The highest BCUT2D eigenvalue weighted by Gasteiger charge is 2.14. The molecule has 0 aliphatic heterocycles. The van der Waals surface area contributed by atoms with Crippen LogP contribution < -0.4 is 0 Å². The number of fused-ring (bicyclic) bond motifs is 7. The third kappa shape index (κ3) is 1.85. The van der Waals surface area contributed by atoms with E-state index in [9.17, 15) is 0 Å². The van der Waals surface area contributed by atoms with Crippen molar-refractivity contribution in [2.75, 3.05) is 0 Å². The van der Waals surface area contributed by atoms with Crippen molar-refractivity contribution in [1.29, 1.82) is 0 Å². The van der Waals surface area contributed by atoms with Crippen LogP contribution >= 0.6 is 11.3 Å². The highest BCUT2D eigenvalue weighted by atomic mass is 32.1. The Labute approximate surface area is 154 Å². The van der Waals surface area contributed by atoms with Gasteiger partial charge in [0.05, 0.1) is 5.52 Å². The van der Waals surface area contributed by atoms with E-state index in [2.05, 4.69) is 89.9 Å². The van der Waals surface area contributed by atoms with Gasteiger partial charge in [0.1, 0.15) is 0 Å². The number of thiophene rings is 1. The standard InChI is InChI=1S/C24H15NS/c1-2-7-15(8-3-1)16-10-6-11-19-22-20(25-23(16)19)14-13-18-17-9-4-5-12-21(17)26-24(18)22/h1-14,25H. The Hall–Kier alpha value is -3.10. The van der Waals surface area contributed by atoms with Crippen molar-refractivity contribution < 1.29 is 0 Å². The second-order valence-corrected chi connectivity index (χ2v) is 7.73. The van der Waals surface area contributed by atoms with Crippen molar-refractivity contribution in [1.82, 2.24) is 4.98 Å². The summed E-state index contributed by atoms with van der Waals surface area (Å²) in [5.41, 5.74) is 4.94. The predicted octanol–water partition coefficient (Wildman–Crippen LogP) is 7.36. The smallest absolute Gasteiger partial charge is 0.0545 e. The first kappa shape index (κ1) is 14.1. The fraction of sp³-hybridized carbons (Fsp3) is 0. The number of para-hydroxylation sites is 1. The van der Waals surface area contributed by atoms with Gasteiger partial charge in [0.25, 0.3) is 0 Å². The third-order valence-electron chi connectivity index (χ3n) is 5.23. The van der Waals surface area contributed by atoms with Crippen LogP contribution in [0.25, 0.3) is 53.1 Å². The maximum Gasteiger partial charge on any atom is 0.0545 e. The normalized spacial score (nSPS) is 11.8. The van der Waals surface area contributed by atoms with E-state index in [4.69, 9.17) is 0 Å². The lowest BCUT2D eigenvalue weighted by Gasteiger charge is -2.03. The fourth-order valence-corrected chi connectivity index (χ4v) is 5.31. The minimum atomic E-state index is 1.21. The summed E-state index contributed by atoms with van der Waals surface area (Å²) in [5, 5.41) is 5.35. The summed E-state index contributed by atoms with van der Waals surface area (Å²) in [6, 6.07) is 30.4. The second-order valence-electron chi connectivity index (χ2n) is 6.68. The van der Waals surface area contributed by atoms with Crippen LogP contribution in [-0.2, 0) is 0 Å². The van der Waals surface area contributed by atoms with Gasteiger partial charge >= 0.3 is 0 Å². The minimum Gasteiger partial charge on any atom is -0.354 e. The number of hydrogen-bond acceptors (Lipinski definition) is 1. The number of nitrogens with one attached hydrogen (secondary N) is 1. The molecule has 0 aliphatic carbocycles. The van der Waals surface area contributed by atoms with Crippen LogP contribution in [0.15, 0.2) is 84.9 Å². The summed E-state index contributed by atoms with van der Waals surface area (Å²) in [6.07, 6.45) is 0. The molecule has 2 heteroatoms. The van der Waals surface area contributed by atoms with E-state index in [0.29, 0.717) is 0 Å². The zero-order valence-corrected chi connectivity index (χ0v) is 14.8. The molecule has 0 atom stereocenters. The van der Waals surface area contributed by atoms with E-state index >= 15 is 0 Å². The molecule has 2 heterocycles. The lowest BCUT2D eigenvalue weighted by molar-refractivity contribution is 1.54. The van der Waals surface area contributed by atoms with Crippen LogP contribution in [0.3, 0.4) is 0 Å². The Morgan fingerprint density at radius 1 is 0.615 bits per heavy atom. The van der Waals surface area contributed by atoms with E-state index in [0.717, 1.165) is 0 Å². The Balaban J connectivity index is 1.80. The van der Waals surface area contributed by atoms with Gasteiger partial charge in [0.15, 0.2) is 0 Å². The molecule has 4 aromatic carbocycles. The van der Waals surface area contributed by atoms with Gasteiger partial charge in [-0.1, -0.05) is 72.8 Å². The number of hydrogen-bond donors (Lipinski definition) is 1. The molecule has 6 aromatic rings. The van der Waals surface area contributed by atoms with Gasteiger partial charge in [-0.3, -0.25) is 0 Å². The summed E-state index contributed by atoms with van der Waals surface area (Å²) < 4.78 is 2.73. The van der Waals surface area contributed by atoms with Crippen LogP contribution in [0.5, 0.6) is 0 Å². The van der Waals surface area contributed by atoms with Gasteiger partial charge in [-0.05, 0) is 17.7 Å². The quantitative estimate of drug-likeness (QED) is 0.319. The molecule has 0 unspecified atom stereocenters. The van der Waals surface area contributed by atoms with Gasteiger partial charge in [-0.25, -0.2) is 0 Å². The van der Waals surface area contributed by atoms with E-state index in [1.807, 2.05) is 11.3 Å². The van der Waals surface area contributed by atoms with Crippen LogP contribution in [0.2, 0.25) is 0 Å². The highest BCUT2D eigenvalue weighted by molar-refractivity contribution is 7.26. The molecule has 0 aliphatic rings. The fourth-order valence-electron chi connectivity index (χ4n) is 4.05. The van der Waals surface area contributed by atoms with Gasteiger partial charge in [-0.2, -0.15) is 0 Å². The first-order valence-corrected chi connectivity index (χ1v) is 9.62. The molecular weight excluding hydrogens is 334 g/mol. The van der Waals surface area contributed by atoms with Crippen LogP contribution in [-0.4, -0.2) is 4.98 Å². The molecule has 1 nitrogen and oxygen atoms in total. The van der Waals surface area contributed by atoms with Crippen molar-refractivity contribution in [3.63, 3.8) is 0 Å².